The van der Waals surface area contributed by atoms with E-state index in [9.17, 15) is 4.79 Å². The maximum atomic E-state index is 13.5. The summed E-state index contributed by atoms with van der Waals surface area (Å²) in [7, 11) is 1.75. The zero-order valence-corrected chi connectivity index (χ0v) is 23.9. The Morgan fingerprint density at radius 3 is 2.62 bits per heavy atom. The van der Waals surface area contributed by atoms with Gasteiger partial charge in [0.15, 0.2) is 0 Å². The molecule has 1 unspecified atom stereocenters. The van der Waals surface area contributed by atoms with Crippen LogP contribution in [0.5, 0.6) is 5.75 Å². The Morgan fingerprint density at radius 2 is 1.90 bits per heavy atom. The number of aromatic amines is 1. The molecule has 1 amide bonds. The highest BCUT2D eigenvalue weighted by Crippen LogP contribution is 2.38. The molecule has 4 aromatic rings. The van der Waals surface area contributed by atoms with Gasteiger partial charge in [-0.1, -0.05) is 18.9 Å². The number of ether oxygens (including phenoxy) is 2. The number of H-pyrrole nitrogens is 1. The second kappa shape index (κ2) is 12.5. The van der Waals surface area contributed by atoms with Gasteiger partial charge >= 0.3 is 0 Å². The van der Waals surface area contributed by atoms with Gasteiger partial charge in [-0.25, -0.2) is 0 Å². The van der Waals surface area contributed by atoms with E-state index in [1.807, 2.05) is 30.3 Å². The van der Waals surface area contributed by atoms with E-state index in [2.05, 4.69) is 50.1 Å². The molecule has 1 aliphatic carbocycles. The van der Waals surface area contributed by atoms with Crippen molar-refractivity contribution in [2.45, 2.75) is 50.7 Å². The molecule has 2 aromatic carbocycles. The fraction of sp³-hybridized carbons (Fsp3) is 0.438. The number of aromatic nitrogens is 2. The molecule has 40 heavy (non-hydrogen) atoms. The summed E-state index contributed by atoms with van der Waals surface area (Å²) in [6, 6.07) is 18.2. The number of piperidine rings is 1. The number of hydrogen-bond donors (Lipinski definition) is 2. The van der Waals surface area contributed by atoms with Crippen LogP contribution in [0.1, 0.15) is 59.8 Å². The maximum absolute atomic E-state index is 13.5. The third kappa shape index (κ3) is 6.09. The van der Waals surface area contributed by atoms with Gasteiger partial charge in [-0.15, -0.1) is 11.3 Å². The van der Waals surface area contributed by atoms with Gasteiger partial charge in [0.05, 0.1) is 23.9 Å². The number of likely N-dealkylation sites (tertiary alicyclic amines) is 1. The van der Waals surface area contributed by atoms with Crippen LogP contribution in [-0.2, 0) is 4.74 Å². The van der Waals surface area contributed by atoms with Crippen molar-refractivity contribution in [1.29, 1.82) is 0 Å². The third-order valence-electron chi connectivity index (χ3n) is 8.41. The topological polar surface area (TPSA) is 79.5 Å². The molecule has 2 fully saturated rings. The minimum atomic E-state index is -0.0311. The zero-order valence-electron chi connectivity index (χ0n) is 23.1. The van der Waals surface area contributed by atoms with E-state index >= 15 is 0 Å². The molecule has 8 heteroatoms. The molecule has 2 aromatic heterocycles. The molecule has 2 aliphatic rings. The van der Waals surface area contributed by atoms with Crippen molar-refractivity contribution in [3.8, 4) is 17.0 Å². The van der Waals surface area contributed by atoms with Gasteiger partial charge < -0.3 is 19.7 Å². The Morgan fingerprint density at radius 1 is 1.10 bits per heavy atom. The number of rotatable bonds is 10. The molecule has 1 aliphatic heterocycles. The summed E-state index contributed by atoms with van der Waals surface area (Å²) in [5.74, 6) is 1.35. The predicted octanol–water partition coefficient (Wildman–Crippen LogP) is 6.44. The molecule has 6 rings (SSSR count). The SMILES string of the molecule is COCCN1CCC(Oc2ccc(-c3n[nH]c4ccc(C(=O)NC(c5cccs5)C5CCCC5)cc34)cc2)CC1. The molecule has 1 atom stereocenters. The predicted molar refractivity (Wildman–Crippen MR) is 160 cm³/mol. The summed E-state index contributed by atoms with van der Waals surface area (Å²) in [4.78, 5) is 17.1. The summed E-state index contributed by atoms with van der Waals surface area (Å²) in [6.45, 7) is 3.83. The summed E-state index contributed by atoms with van der Waals surface area (Å²) in [5, 5.41) is 14.1. The molecule has 1 saturated heterocycles. The molecule has 0 spiro atoms. The number of fused-ring (bicyclic) bond motifs is 1. The van der Waals surface area contributed by atoms with Gasteiger partial charge in [0.25, 0.3) is 5.91 Å². The van der Waals surface area contributed by atoms with Crippen molar-refractivity contribution in [3.05, 3.63) is 70.4 Å². The highest BCUT2D eigenvalue weighted by atomic mass is 32.1. The number of hydrogen-bond acceptors (Lipinski definition) is 6. The smallest absolute Gasteiger partial charge is 0.251 e. The number of amides is 1. The summed E-state index contributed by atoms with van der Waals surface area (Å²) < 4.78 is 11.5. The maximum Gasteiger partial charge on any atom is 0.251 e. The second-order valence-corrected chi connectivity index (χ2v) is 12.0. The van der Waals surface area contributed by atoms with Gasteiger partial charge in [-0.2, -0.15) is 5.10 Å². The molecule has 7 nitrogen and oxygen atoms in total. The average Bonchev–Trinajstić information content (AvgIpc) is 3.78. The molecule has 3 heterocycles. The van der Waals surface area contributed by atoms with E-state index in [1.54, 1.807) is 18.4 Å². The first-order chi connectivity index (χ1) is 19.7. The van der Waals surface area contributed by atoms with Crippen LogP contribution in [0.3, 0.4) is 0 Å². The summed E-state index contributed by atoms with van der Waals surface area (Å²) in [6.07, 6.45) is 7.10. The van der Waals surface area contributed by atoms with E-state index in [0.717, 1.165) is 67.0 Å². The number of thiophene rings is 1. The minimum Gasteiger partial charge on any atom is -0.490 e. The molecule has 1 saturated carbocycles. The van der Waals surface area contributed by atoms with Crippen molar-refractivity contribution >= 4 is 28.1 Å². The number of nitrogens with zero attached hydrogens (tertiary/aromatic N) is 2. The Hall–Kier alpha value is -3.20. The third-order valence-corrected chi connectivity index (χ3v) is 9.36. The quantitative estimate of drug-likeness (QED) is 0.234. The van der Waals surface area contributed by atoms with E-state index in [-0.39, 0.29) is 18.1 Å². The van der Waals surface area contributed by atoms with Gasteiger partial charge in [-0.3, -0.25) is 9.89 Å². The van der Waals surface area contributed by atoms with Crippen LogP contribution in [0.25, 0.3) is 22.2 Å². The molecule has 2 N–H and O–H groups in total. The molecular weight excluding hydrogens is 520 g/mol. The molecule has 0 bridgehead atoms. The number of methoxy groups -OCH3 is 1. The lowest BCUT2D eigenvalue weighted by molar-refractivity contribution is 0.0797. The van der Waals surface area contributed by atoms with Crippen LogP contribution in [0.15, 0.2) is 60.0 Å². The Labute approximate surface area is 239 Å². The number of carbonyl (C=O) groups excluding carboxylic acids is 1. The van der Waals surface area contributed by atoms with Gasteiger partial charge in [0.1, 0.15) is 11.9 Å². The van der Waals surface area contributed by atoms with Crippen molar-refractivity contribution in [2.24, 2.45) is 5.92 Å². The molecule has 0 radical (unpaired) electrons. The first-order valence-electron chi connectivity index (χ1n) is 14.5. The number of nitrogens with one attached hydrogen (secondary N) is 2. The summed E-state index contributed by atoms with van der Waals surface area (Å²) >= 11 is 1.73. The monoisotopic (exact) mass is 558 g/mol. The van der Waals surface area contributed by atoms with Gasteiger partial charge in [-0.05, 0) is 85.5 Å². The first kappa shape index (κ1) is 27.0. The lowest BCUT2D eigenvalue weighted by Crippen LogP contribution is -2.39. The minimum absolute atomic E-state index is 0.0311. The lowest BCUT2D eigenvalue weighted by atomic mass is 9.96. The van der Waals surface area contributed by atoms with Crippen molar-refractivity contribution < 1.29 is 14.3 Å². The standard InChI is InChI=1S/C32H38N4O3S/c1-38-19-18-36-16-14-26(15-17-36)39-25-11-8-23(9-12-25)30-27-21-24(10-13-28(27)34-35-30)32(37)33-31(22-5-2-3-6-22)29-7-4-20-40-29/h4,7-13,20-22,26,31H,2-3,5-6,14-19H2,1H3,(H,33,37)(H,34,35). The van der Waals surface area contributed by atoms with E-state index in [4.69, 9.17) is 9.47 Å². The Kier molecular flexibility index (Phi) is 8.46. The Bertz CT molecular complexity index is 1390. The highest BCUT2D eigenvalue weighted by Gasteiger charge is 2.29. The van der Waals surface area contributed by atoms with Crippen molar-refractivity contribution in [1.82, 2.24) is 20.4 Å². The van der Waals surface area contributed by atoms with Gasteiger partial charge in [0.2, 0.25) is 0 Å². The van der Waals surface area contributed by atoms with Crippen LogP contribution in [0, 0.1) is 5.92 Å². The average molecular weight is 559 g/mol. The Balaban J connectivity index is 1.14. The summed E-state index contributed by atoms with van der Waals surface area (Å²) in [5.41, 5.74) is 3.41. The van der Waals surface area contributed by atoms with Gasteiger partial charge in [0, 0.05) is 48.1 Å². The van der Waals surface area contributed by atoms with Crippen LogP contribution >= 0.6 is 11.3 Å². The van der Waals surface area contributed by atoms with Crippen LogP contribution in [-0.4, -0.2) is 60.5 Å². The van der Waals surface area contributed by atoms with Crippen LogP contribution < -0.4 is 10.1 Å². The fourth-order valence-corrected chi connectivity index (χ4v) is 7.00. The van der Waals surface area contributed by atoms with Crippen molar-refractivity contribution in [2.75, 3.05) is 33.4 Å². The fourth-order valence-electron chi connectivity index (χ4n) is 6.14. The molecule has 210 valence electrons. The van der Waals surface area contributed by atoms with Crippen LogP contribution in [0.2, 0.25) is 0 Å². The highest BCUT2D eigenvalue weighted by molar-refractivity contribution is 7.10. The lowest BCUT2D eigenvalue weighted by Gasteiger charge is -2.31. The van der Waals surface area contributed by atoms with E-state index in [0.29, 0.717) is 11.5 Å². The van der Waals surface area contributed by atoms with E-state index in [1.165, 1.54) is 30.6 Å². The zero-order chi connectivity index (χ0) is 27.3. The molecular formula is C32H38N4O3S. The van der Waals surface area contributed by atoms with Crippen molar-refractivity contribution in [3.63, 3.8) is 0 Å². The normalized spacial score (nSPS) is 17.8. The number of benzene rings is 2. The second-order valence-electron chi connectivity index (χ2n) is 11.0. The first-order valence-corrected chi connectivity index (χ1v) is 15.4. The number of carbonyl (C=O) groups is 1. The van der Waals surface area contributed by atoms with E-state index < -0.39 is 0 Å². The van der Waals surface area contributed by atoms with Crippen LogP contribution in [0.4, 0.5) is 0 Å². The largest absolute Gasteiger partial charge is 0.490 e.